The summed E-state index contributed by atoms with van der Waals surface area (Å²) >= 11 is 0. The van der Waals surface area contributed by atoms with Gasteiger partial charge in [0.1, 0.15) is 0 Å². The van der Waals surface area contributed by atoms with Crippen LogP contribution < -0.4 is 5.46 Å². The molecule has 0 amide bonds. The van der Waals surface area contributed by atoms with Crippen molar-refractivity contribution < 1.29 is 18.8 Å². The fourth-order valence-electron chi connectivity index (χ4n) is 5.31. The summed E-state index contributed by atoms with van der Waals surface area (Å²) in [6, 6.07) is 8.91. The predicted molar refractivity (Wildman–Crippen MR) is 111 cm³/mol. The Balaban J connectivity index is 1.47. The summed E-state index contributed by atoms with van der Waals surface area (Å²) < 4.78 is 17.3. The molecule has 1 aromatic rings. The predicted octanol–water partition coefficient (Wildman–Crippen LogP) is 4.14. The van der Waals surface area contributed by atoms with E-state index in [2.05, 4.69) is 52.0 Å². The summed E-state index contributed by atoms with van der Waals surface area (Å²) in [6.45, 7) is 8.35. The second-order valence-corrected chi connectivity index (χ2v) is 10.2. The van der Waals surface area contributed by atoms with Crippen molar-refractivity contribution in [2.45, 2.75) is 89.3 Å². The van der Waals surface area contributed by atoms with Crippen LogP contribution in [0.2, 0.25) is 0 Å². The third kappa shape index (κ3) is 3.21. The summed E-state index contributed by atoms with van der Waals surface area (Å²) in [7, 11) is 1.19. The molecule has 2 bridgehead atoms. The first-order chi connectivity index (χ1) is 13.1. The molecule has 1 heterocycles. The molecule has 1 aliphatic heterocycles. The van der Waals surface area contributed by atoms with Gasteiger partial charge in [0.15, 0.2) is 0 Å². The first kappa shape index (κ1) is 20.0. The van der Waals surface area contributed by atoms with Crippen LogP contribution in [0.4, 0.5) is 0 Å². The maximum absolute atomic E-state index is 11.8. The molecule has 4 nitrogen and oxygen atoms in total. The number of fused-ring (bicyclic) bond motifs is 3. The zero-order valence-corrected chi connectivity index (χ0v) is 18.0. The van der Waals surface area contributed by atoms with E-state index < -0.39 is 0 Å². The molecule has 5 heteroatoms. The highest BCUT2D eigenvalue weighted by Gasteiger charge is 2.52. The van der Waals surface area contributed by atoms with E-state index >= 15 is 0 Å². The number of ether oxygens (including phenoxy) is 1. The van der Waals surface area contributed by atoms with E-state index in [1.165, 1.54) is 31.9 Å². The lowest BCUT2D eigenvalue weighted by Gasteiger charge is -2.53. The lowest BCUT2D eigenvalue weighted by atomic mass is 9.51. The van der Waals surface area contributed by atoms with Gasteiger partial charge in [0.05, 0.1) is 24.7 Å². The summed E-state index contributed by atoms with van der Waals surface area (Å²) in [5, 5.41) is 0. The van der Waals surface area contributed by atoms with Crippen LogP contribution in [0, 0.1) is 5.41 Å². The molecule has 5 rings (SSSR count). The average Bonchev–Trinajstić information content (AvgIpc) is 2.90. The second-order valence-electron chi connectivity index (χ2n) is 10.2. The van der Waals surface area contributed by atoms with Gasteiger partial charge in [0.25, 0.3) is 0 Å². The van der Waals surface area contributed by atoms with E-state index in [1.54, 1.807) is 0 Å². The average molecular weight is 384 g/mol. The normalized spacial score (nSPS) is 33.1. The van der Waals surface area contributed by atoms with Crippen LogP contribution in [0.15, 0.2) is 24.3 Å². The second kappa shape index (κ2) is 6.60. The van der Waals surface area contributed by atoms with Crippen molar-refractivity contribution >= 4 is 18.6 Å². The molecule has 0 atom stereocenters. The van der Waals surface area contributed by atoms with E-state index in [0.717, 1.165) is 24.7 Å². The van der Waals surface area contributed by atoms with Crippen LogP contribution in [-0.4, -0.2) is 31.4 Å². The zero-order valence-electron chi connectivity index (χ0n) is 18.0. The van der Waals surface area contributed by atoms with E-state index in [0.29, 0.717) is 6.42 Å². The number of carbonyl (C=O) groups excluding carboxylic acids is 1. The molecule has 0 unspecified atom stereocenters. The van der Waals surface area contributed by atoms with Crippen LogP contribution in [0.1, 0.15) is 78.2 Å². The molecule has 3 aliphatic carbocycles. The minimum Gasteiger partial charge on any atom is -0.469 e. The van der Waals surface area contributed by atoms with Crippen molar-refractivity contribution in [2.24, 2.45) is 5.41 Å². The first-order valence-electron chi connectivity index (χ1n) is 10.6. The third-order valence-electron chi connectivity index (χ3n) is 8.20. The minimum atomic E-state index is -0.315. The highest BCUT2D eigenvalue weighted by Crippen LogP contribution is 2.59. The van der Waals surface area contributed by atoms with Gasteiger partial charge < -0.3 is 14.0 Å². The maximum atomic E-state index is 11.8. The Morgan fingerprint density at radius 3 is 1.89 bits per heavy atom. The van der Waals surface area contributed by atoms with Crippen LogP contribution in [0.25, 0.3) is 0 Å². The van der Waals surface area contributed by atoms with E-state index in [9.17, 15) is 4.79 Å². The van der Waals surface area contributed by atoms with Gasteiger partial charge >= 0.3 is 13.1 Å². The molecule has 1 aromatic carbocycles. The minimum absolute atomic E-state index is 0.0545. The smallest absolute Gasteiger partial charge is 0.469 e. The fourth-order valence-corrected chi connectivity index (χ4v) is 5.31. The highest BCUT2D eigenvalue weighted by molar-refractivity contribution is 6.62. The summed E-state index contributed by atoms with van der Waals surface area (Å²) in [5.74, 6) is -0.0545. The Hall–Kier alpha value is -1.33. The third-order valence-corrected chi connectivity index (χ3v) is 8.20. The summed E-state index contributed by atoms with van der Waals surface area (Å²) in [6.07, 6.45) is 7.46. The molecule has 0 aromatic heterocycles. The SMILES string of the molecule is COC(=O)CC12CCC(c3ccc(B4OC(C)(C)C(C)(C)O4)cc3)(CC1)CC2. The van der Waals surface area contributed by atoms with Crippen LogP contribution >= 0.6 is 0 Å². The van der Waals surface area contributed by atoms with Gasteiger partial charge in [-0.3, -0.25) is 4.79 Å². The Bertz CT molecular complexity index is 712. The molecule has 4 aliphatic rings. The Labute approximate surface area is 169 Å². The van der Waals surface area contributed by atoms with Crippen molar-refractivity contribution in [3.63, 3.8) is 0 Å². The summed E-state index contributed by atoms with van der Waals surface area (Å²) in [5.41, 5.74) is 2.34. The van der Waals surface area contributed by atoms with Gasteiger partial charge in [0.2, 0.25) is 0 Å². The van der Waals surface area contributed by atoms with E-state index in [1.807, 2.05) is 0 Å². The fraction of sp³-hybridized carbons (Fsp3) is 0.696. The molecule has 28 heavy (non-hydrogen) atoms. The first-order valence-corrected chi connectivity index (χ1v) is 10.6. The molecule has 0 radical (unpaired) electrons. The topological polar surface area (TPSA) is 44.8 Å². The number of methoxy groups -OCH3 is 1. The molecule has 152 valence electrons. The van der Waals surface area contributed by atoms with Crippen LogP contribution in [0.5, 0.6) is 0 Å². The van der Waals surface area contributed by atoms with Crippen molar-refractivity contribution in [1.82, 2.24) is 0 Å². The Kier molecular flexibility index (Phi) is 4.71. The molecule has 0 N–H and O–H groups in total. The van der Waals surface area contributed by atoms with E-state index in [4.69, 9.17) is 14.0 Å². The quantitative estimate of drug-likeness (QED) is 0.578. The number of carbonyl (C=O) groups is 1. The van der Waals surface area contributed by atoms with Crippen molar-refractivity contribution in [3.8, 4) is 0 Å². The Morgan fingerprint density at radius 1 is 0.929 bits per heavy atom. The molecule has 4 fully saturated rings. The van der Waals surface area contributed by atoms with Gasteiger partial charge in [-0.1, -0.05) is 24.3 Å². The van der Waals surface area contributed by atoms with Crippen molar-refractivity contribution in [2.75, 3.05) is 7.11 Å². The number of benzene rings is 1. The largest absolute Gasteiger partial charge is 0.494 e. The van der Waals surface area contributed by atoms with Gasteiger partial charge in [0, 0.05) is 0 Å². The van der Waals surface area contributed by atoms with Crippen LogP contribution in [0.3, 0.4) is 0 Å². The molecule has 3 saturated carbocycles. The highest BCUT2D eigenvalue weighted by atomic mass is 16.7. The van der Waals surface area contributed by atoms with Crippen molar-refractivity contribution in [1.29, 1.82) is 0 Å². The Morgan fingerprint density at radius 2 is 1.43 bits per heavy atom. The van der Waals surface area contributed by atoms with Gasteiger partial charge in [-0.05, 0) is 88.1 Å². The zero-order chi connectivity index (χ0) is 20.2. The van der Waals surface area contributed by atoms with Gasteiger partial charge in [-0.15, -0.1) is 0 Å². The number of hydrogen-bond acceptors (Lipinski definition) is 4. The van der Waals surface area contributed by atoms with Gasteiger partial charge in [-0.25, -0.2) is 0 Å². The molecule has 1 saturated heterocycles. The van der Waals surface area contributed by atoms with Crippen LogP contribution in [-0.2, 0) is 24.3 Å². The number of esters is 1. The van der Waals surface area contributed by atoms with Crippen molar-refractivity contribution in [3.05, 3.63) is 29.8 Å². The monoisotopic (exact) mass is 384 g/mol. The maximum Gasteiger partial charge on any atom is 0.494 e. The lowest BCUT2D eigenvalue weighted by molar-refractivity contribution is -0.145. The molecular formula is C23H33BO4. The standard InChI is InChI=1S/C23H33BO4/c1-20(2)21(3,4)28-24(27-20)18-8-6-17(7-9-18)23-13-10-22(11-14-23,12-15-23)16-19(25)26-5/h6-9H,10-16H2,1-5H3. The van der Waals surface area contributed by atoms with Gasteiger partial charge in [-0.2, -0.15) is 0 Å². The molecular weight excluding hydrogens is 351 g/mol. The van der Waals surface area contributed by atoms with E-state index in [-0.39, 0.29) is 35.1 Å². The lowest BCUT2D eigenvalue weighted by Crippen LogP contribution is -2.45. The number of rotatable bonds is 4. The molecule has 0 spiro atoms. The summed E-state index contributed by atoms with van der Waals surface area (Å²) in [4.78, 5) is 11.8. The number of hydrogen-bond donors (Lipinski definition) is 0.